The maximum Gasteiger partial charge on any atom is 0.332 e. The van der Waals surface area contributed by atoms with Gasteiger partial charge in [0.05, 0.1) is 28.2 Å². The van der Waals surface area contributed by atoms with E-state index in [1.165, 1.54) is 17.7 Å². The molecule has 0 amide bonds. The minimum absolute atomic E-state index is 0.177. The van der Waals surface area contributed by atoms with Gasteiger partial charge in [-0.1, -0.05) is 30.3 Å². The zero-order valence-electron chi connectivity index (χ0n) is 16.5. The van der Waals surface area contributed by atoms with Gasteiger partial charge in [-0.25, -0.2) is 9.18 Å². The van der Waals surface area contributed by atoms with Crippen molar-refractivity contribution >= 4 is 21.9 Å². The predicted octanol–water partition coefficient (Wildman–Crippen LogP) is 3.77. The van der Waals surface area contributed by atoms with Crippen molar-refractivity contribution in [1.82, 2.24) is 10.6 Å². The SMILES string of the molecule is O=C(O)C1=CCC2(c3ccc(CCCOc4cc(F)ccc4Br)cc3)CNC[C@H]1N2. The molecule has 7 heteroatoms. The Morgan fingerprint density at radius 1 is 1.27 bits per heavy atom. The second-order valence-electron chi connectivity index (χ2n) is 7.80. The van der Waals surface area contributed by atoms with Crippen LogP contribution in [-0.2, 0) is 16.8 Å². The summed E-state index contributed by atoms with van der Waals surface area (Å²) in [5.74, 6) is -0.655. The molecule has 0 aliphatic carbocycles. The van der Waals surface area contributed by atoms with Crippen molar-refractivity contribution < 1.29 is 19.0 Å². The first-order valence-electron chi connectivity index (χ1n) is 10.1. The lowest BCUT2D eigenvalue weighted by molar-refractivity contribution is -0.133. The molecule has 0 radical (unpaired) electrons. The average Bonchev–Trinajstić information content (AvgIpc) is 2.74. The van der Waals surface area contributed by atoms with E-state index in [9.17, 15) is 14.3 Å². The van der Waals surface area contributed by atoms with Gasteiger partial charge in [-0.3, -0.25) is 5.32 Å². The van der Waals surface area contributed by atoms with E-state index in [-0.39, 0.29) is 17.4 Å². The normalized spacial score (nSPS) is 23.0. The van der Waals surface area contributed by atoms with Crippen molar-refractivity contribution in [3.8, 4) is 5.75 Å². The molecular weight excluding hydrogens is 451 g/mol. The molecule has 3 N–H and O–H groups in total. The van der Waals surface area contributed by atoms with Gasteiger partial charge in [-0.2, -0.15) is 0 Å². The molecule has 5 nitrogen and oxygen atoms in total. The lowest BCUT2D eigenvalue weighted by Gasteiger charge is -2.46. The van der Waals surface area contributed by atoms with Crippen molar-refractivity contribution in [1.29, 1.82) is 0 Å². The first-order valence-corrected chi connectivity index (χ1v) is 10.9. The summed E-state index contributed by atoms with van der Waals surface area (Å²) in [6.07, 6.45) is 4.19. The summed E-state index contributed by atoms with van der Waals surface area (Å²) in [4.78, 5) is 11.4. The zero-order valence-corrected chi connectivity index (χ0v) is 18.0. The molecule has 1 unspecified atom stereocenters. The van der Waals surface area contributed by atoms with E-state index < -0.39 is 5.97 Å². The van der Waals surface area contributed by atoms with Gasteiger partial charge in [-0.15, -0.1) is 0 Å². The van der Waals surface area contributed by atoms with Crippen LogP contribution in [0.15, 0.2) is 58.6 Å². The van der Waals surface area contributed by atoms with Gasteiger partial charge in [0.2, 0.25) is 0 Å². The third-order valence-electron chi connectivity index (χ3n) is 5.79. The summed E-state index contributed by atoms with van der Waals surface area (Å²) >= 11 is 3.37. The minimum atomic E-state index is -0.854. The summed E-state index contributed by atoms with van der Waals surface area (Å²) in [5, 5.41) is 16.3. The van der Waals surface area contributed by atoms with Crippen LogP contribution in [0.2, 0.25) is 0 Å². The number of carboxylic acid groups (broad SMARTS) is 1. The van der Waals surface area contributed by atoms with E-state index in [2.05, 4.69) is 50.8 Å². The summed E-state index contributed by atoms with van der Waals surface area (Å²) in [6.45, 7) is 1.89. The number of carbonyl (C=O) groups is 1. The molecule has 2 aromatic carbocycles. The molecular formula is C23H24BrFN2O3. The number of halogens is 2. The Balaban J connectivity index is 1.35. The van der Waals surface area contributed by atoms with Crippen LogP contribution in [0.25, 0.3) is 0 Å². The van der Waals surface area contributed by atoms with Crippen molar-refractivity contribution in [3.05, 3.63) is 75.5 Å². The van der Waals surface area contributed by atoms with Crippen molar-refractivity contribution in [2.75, 3.05) is 19.7 Å². The Kier molecular flexibility index (Phi) is 6.22. The third kappa shape index (κ3) is 4.43. The molecule has 2 bridgehead atoms. The highest BCUT2D eigenvalue weighted by Gasteiger charge is 2.42. The van der Waals surface area contributed by atoms with Gasteiger partial charge in [0.1, 0.15) is 11.6 Å². The predicted molar refractivity (Wildman–Crippen MR) is 116 cm³/mol. The van der Waals surface area contributed by atoms with E-state index in [0.717, 1.165) is 29.4 Å². The molecule has 1 fully saturated rings. The third-order valence-corrected chi connectivity index (χ3v) is 6.44. The van der Waals surface area contributed by atoms with Gasteiger partial charge in [0, 0.05) is 19.2 Å². The average molecular weight is 475 g/mol. The fraction of sp³-hybridized carbons (Fsp3) is 0.348. The van der Waals surface area contributed by atoms with E-state index in [1.807, 2.05) is 6.08 Å². The maximum absolute atomic E-state index is 13.3. The fourth-order valence-electron chi connectivity index (χ4n) is 4.19. The number of rotatable bonds is 7. The molecule has 2 aromatic rings. The summed E-state index contributed by atoms with van der Waals surface area (Å²) in [5.41, 5.74) is 2.53. The maximum atomic E-state index is 13.3. The molecule has 4 rings (SSSR count). The molecule has 2 aliphatic heterocycles. The quantitative estimate of drug-likeness (QED) is 0.532. The van der Waals surface area contributed by atoms with E-state index in [4.69, 9.17) is 4.74 Å². The minimum Gasteiger partial charge on any atom is -0.492 e. The number of hydrogen-bond acceptors (Lipinski definition) is 4. The Bertz CT molecular complexity index is 963. The fourth-order valence-corrected chi connectivity index (χ4v) is 4.55. The molecule has 1 saturated heterocycles. The van der Waals surface area contributed by atoms with Crippen molar-refractivity contribution in [2.45, 2.75) is 30.8 Å². The van der Waals surface area contributed by atoms with Gasteiger partial charge in [-0.05, 0) is 58.5 Å². The molecule has 0 spiro atoms. The number of aliphatic carboxylic acids is 1. The number of piperazine rings is 1. The lowest BCUT2D eigenvalue weighted by Crippen LogP contribution is -2.64. The smallest absolute Gasteiger partial charge is 0.332 e. The van der Waals surface area contributed by atoms with Crippen LogP contribution < -0.4 is 15.4 Å². The van der Waals surface area contributed by atoms with E-state index in [1.54, 1.807) is 6.07 Å². The molecule has 0 aromatic heterocycles. The second-order valence-corrected chi connectivity index (χ2v) is 8.66. The number of ether oxygens (including phenoxy) is 1. The standard InChI is InChI=1S/C23H24BrFN2O3/c24-19-8-7-17(25)12-21(19)30-11-1-2-15-3-5-16(6-4-15)23-10-9-18(22(28)29)20(27-23)13-26-14-23/h3-9,12,20,26-27H,1-2,10-11,13-14H2,(H,28,29)/t20-,23?/m1/s1. The van der Waals surface area contributed by atoms with Crippen LogP contribution in [0.1, 0.15) is 24.0 Å². The lowest BCUT2D eigenvalue weighted by atomic mass is 9.78. The second kappa shape index (κ2) is 8.88. The topological polar surface area (TPSA) is 70.6 Å². The van der Waals surface area contributed by atoms with Gasteiger partial charge in [0.15, 0.2) is 0 Å². The van der Waals surface area contributed by atoms with Gasteiger partial charge < -0.3 is 15.2 Å². The van der Waals surface area contributed by atoms with Crippen molar-refractivity contribution in [2.24, 2.45) is 0 Å². The first kappa shape index (κ1) is 21.0. The Labute approximate surface area is 183 Å². The largest absolute Gasteiger partial charge is 0.492 e. The summed E-state index contributed by atoms with van der Waals surface area (Å²) < 4.78 is 19.7. The van der Waals surface area contributed by atoms with Crippen LogP contribution in [0.3, 0.4) is 0 Å². The summed E-state index contributed by atoms with van der Waals surface area (Å²) in [7, 11) is 0. The van der Waals surface area contributed by atoms with Gasteiger partial charge in [0.25, 0.3) is 0 Å². The Morgan fingerprint density at radius 2 is 2.07 bits per heavy atom. The molecule has 2 aliphatic rings. The zero-order chi connectivity index (χ0) is 21.1. The van der Waals surface area contributed by atoms with E-state index >= 15 is 0 Å². The van der Waals surface area contributed by atoms with E-state index in [0.29, 0.717) is 30.9 Å². The number of fused-ring (bicyclic) bond motifs is 2. The number of nitrogens with one attached hydrogen (secondary N) is 2. The van der Waals surface area contributed by atoms with Crippen LogP contribution in [-0.4, -0.2) is 36.8 Å². The van der Waals surface area contributed by atoms with Crippen LogP contribution in [0, 0.1) is 5.82 Å². The van der Waals surface area contributed by atoms with Crippen molar-refractivity contribution in [3.63, 3.8) is 0 Å². The first-order chi connectivity index (χ1) is 14.5. The molecule has 2 atom stereocenters. The molecule has 158 valence electrons. The summed E-state index contributed by atoms with van der Waals surface area (Å²) in [6, 6.07) is 12.7. The van der Waals surface area contributed by atoms with Crippen LogP contribution in [0.4, 0.5) is 4.39 Å². The monoisotopic (exact) mass is 474 g/mol. The van der Waals surface area contributed by atoms with Crippen LogP contribution in [0.5, 0.6) is 5.75 Å². The Hall–Kier alpha value is -2.22. The molecule has 0 saturated carbocycles. The van der Waals surface area contributed by atoms with Crippen LogP contribution >= 0.6 is 15.9 Å². The highest BCUT2D eigenvalue weighted by atomic mass is 79.9. The number of hydrogen-bond donors (Lipinski definition) is 3. The number of carboxylic acids is 1. The number of benzene rings is 2. The number of aryl methyl sites for hydroxylation is 1. The molecule has 2 heterocycles. The highest BCUT2D eigenvalue weighted by molar-refractivity contribution is 9.10. The van der Waals surface area contributed by atoms with Gasteiger partial charge >= 0.3 is 5.97 Å². The Morgan fingerprint density at radius 3 is 2.83 bits per heavy atom. The molecule has 30 heavy (non-hydrogen) atoms. The highest BCUT2D eigenvalue weighted by Crippen LogP contribution is 2.33.